The average molecular weight is 217 g/mol. The maximum atomic E-state index is 9.18. The van der Waals surface area contributed by atoms with Gasteiger partial charge in [0.15, 0.2) is 0 Å². The summed E-state index contributed by atoms with van der Waals surface area (Å²) in [5.74, 6) is 0. The summed E-state index contributed by atoms with van der Waals surface area (Å²) in [6.07, 6.45) is -0.771. The number of hydrogen-bond acceptors (Lipinski definition) is 2. The molecule has 0 fully saturated rings. The van der Waals surface area contributed by atoms with E-state index >= 15 is 0 Å². The molecule has 1 atom stereocenters. The van der Waals surface area contributed by atoms with Crippen molar-refractivity contribution in [1.29, 1.82) is 0 Å². The molecule has 3 heteroatoms. The fraction of sp³-hybridized carbons (Fsp3) is 0.250. The van der Waals surface area contributed by atoms with Crippen molar-refractivity contribution in [1.82, 2.24) is 0 Å². The summed E-state index contributed by atoms with van der Waals surface area (Å²) in [4.78, 5) is 0. The molecule has 1 aromatic carbocycles. The van der Waals surface area contributed by atoms with Crippen molar-refractivity contribution < 1.29 is 10.2 Å². The van der Waals surface area contributed by atoms with E-state index in [9.17, 15) is 5.11 Å². The Morgan fingerprint density at radius 1 is 1.45 bits per heavy atom. The van der Waals surface area contributed by atoms with Crippen LogP contribution in [0.5, 0.6) is 0 Å². The van der Waals surface area contributed by atoms with Gasteiger partial charge in [0.25, 0.3) is 0 Å². The number of halogens is 1. The SMILES string of the molecule is OCC(O)c1cccc(Br)c1. The summed E-state index contributed by atoms with van der Waals surface area (Å²) < 4.78 is 0.905. The first-order valence-electron chi connectivity index (χ1n) is 3.28. The fourth-order valence-corrected chi connectivity index (χ4v) is 1.24. The molecule has 2 nitrogen and oxygen atoms in total. The molecule has 0 aliphatic rings. The molecule has 0 aromatic heterocycles. The van der Waals surface area contributed by atoms with Crippen LogP contribution in [0.4, 0.5) is 0 Å². The van der Waals surface area contributed by atoms with E-state index < -0.39 is 6.10 Å². The second-order valence-corrected chi connectivity index (χ2v) is 3.17. The normalized spacial score (nSPS) is 13.0. The summed E-state index contributed by atoms with van der Waals surface area (Å²) in [7, 11) is 0. The maximum absolute atomic E-state index is 9.18. The second-order valence-electron chi connectivity index (χ2n) is 2.25. The Morgan fingerprint density at radius 3 is 2.73 bits per heavy atom. The Labute approximate surface area is 73.6 Å². The molecular formula is C8H9BrO2. The molecule has 0 saturated heterocycles. The highest BCUT2D eigenvalue weighted by molar-refractivity contribution is 9.10. The van der Waals surface area contributed by atoms with E-state index in [0.717, 1.165) is 10.0 Å². The third-order valence-electron chi connectivity index (χ3n) is 1.41. The van der Waals surface area contributed by atoms with Crippen LogP contribution in [-0.2, 0) is 0 Å². The van der Waals surface area contributed by atoms with Crippen molar-refractivity contribution >= 4 is 15.9 Å². The monoisotopic (exact) mass is 216 g/mol. The summed E-state index contributed by atoms with van der Waals surface area (Å²) in [6.45, 7) is -0.240. The molecule has 0 bridgehead atoms. The third kappa shape index (κ3) is 2.29. The summed E-state index contributed by atoms with van der Waals surface area (Å²) >= 11 is 3.27. The third-order valence-corrected chi connectivity index (χ3v) is 1.90. The van der Waals surface area contributed by atoms with Crippen LogP contribution in [0.2, 0.25) is 0 Å². The molecule has 0 aliphatic carbocycles. The van der Waals surface area contributed by atoms with E-state index in [4.69, 9.17) is 5.11 Å². The number of rotatable bonds is 2. The van der Waals surface area contributed by atoms with Crippen LogP contribution in [0.15, 0.2) is 28.7 Å². The zero-order chi connectivity index (χ0) is 8.27. The van der Waals surface area contributed by atoms with Gasteiger partial charge in [-0.2, -0.15) is 0 Å². The van der Waals surface area contributed by atoms with Gasteiger partial charge in [-0.15, -0.1) is 0 Å². The Bertz CT molecular complexity index is 237. The summed E-state index contributed by atoms with van der Waals surface area (Å²) in [6, 6.07) is 7.23. The van der Waals surface area contributed by atoms with Gasteiger partial charge in [-0.3, -0.25) is 0 Å². The van der Waals surface area contributed by atoms with Gasteiger partial charge < -0.3 is 10.2 Å². The molecule has 0 spiro atoms. The Balaban J connectivity index is 2.86. The number of benzene rings is 1. The van der Waals surface area contributed by atoms with Crippen LogP contribution < -0.4 is 0 Å². The first-order valence-corrected chi connectivity index (χ1v) is 4.07. The predicted molar refractivity (Wildman–Crippen MR) is 46.2 cm³/mol. The van der Waals surface area contributed by atoms with Crippen molar-refractivity contribution in [2.75, 3.05) is 6.61 Å². The molecule has 2 N–H and O–H groups in total. The highest BCUT2D eigenvalue weighted by Gasteiger charge is 2.04. The molecule has 1 aromatic rings. The average Bonchev–Trinajstić information content (AvgIpc) is 2.03. The van der Waals surface area contributed by atoms with Gasteiger partial charge in [-0.1, -0.05) is 28.1 Å². The van der Waals surface area contributed by atoms with Gasteiger partial charge in [-0.05, 0) is 17.7 Å². The van der Waals surface area contributed by atoms with Crippen LogP contribution in [-0.4, -0.2) is 16.8 Å². The molecule has 0 amide bonds. The lowest BCUT2D eigenvalue weighted by molar-refractivity contribution is 0.0956. The summed E-state index contributed by atoms with van der Waals surface area (Å²) in [5.41, 5.74) is 0.724. The quantitative estimate of drug-likeness (QED) is 0.787. The fourth-order valence-electron chi connectivity index (χ4n) is 0.819. The smallest absolute Gasteiger partial charge is 0.102 e. The summed E-state index contributed by atoms with van der Waals surface area (Å²) in [5, 5.41) is 17.8. The van der Waals surface area contributed by atoms with E-state index in [0.29, 0.717) is 0 Å². The molecule has 0 radical (unpaired) electrons. The molecule has 0 heterocycles. The van der Waals surface area contributed by atoms with Crippen molar-refractivity contribution in [2.24, 2.45) is 0 Å². The van der Waals surface area contributed by atoms with Crippen molar-refractivity contribution in [3.8, 4) is 0 Å². The van der Waals surface area contributed by atoms with Gasteiger partial charge in [0, 0.05) is 4.47 Å². The van der Waals surface area contributed by atoms with E-state index in [-0.39, 0.29) is 6.61 Å². The van der Waals surface area contributed by atoms with Crippen LogP contribution in [0.1, 0.15) is 11.7 Å². The topological polar surface area (TPSA) is 40.5 Å². The van der Waals surface area contributed by atoms with Crippen molar-refractivity contribution in [2.45, 2.75) is 6.10 Å². The number of aliphatic hydroxyl groups excluding tert-OH is 2. The number of hydrogen-bond donors (Lipinski definition) is 2. The van der Waals surface area contributed by atoms with Crippen LogP contribution in [0, 0.1) is 0 Å². The predicted octanol–water partition coefficient (Wildman–Crippen LogP) is 1.47. The minimum atomic E-state index is -0.771. The maximum Gasteiger partial charge on any atom is 0.102 e. The molecule has 1 rings (SSSR count). The molecule has 60 valence electrons. The number of aliphatic hydroxyl groups is 2. The zero-order valence-electron chi connectivity index (χ0n) is 5.87. The Kier molecular flexibility index (Phi) is 3.05. The highest BCUT2D eigenvalue weighted by atomic mass is 79.9. The lowest BCUT2D eigenvalue weighted by Gasteiger charge is -2.06. The molecule has 0 aliphatic heterocycles. The van der Waals surface area contributed by atoms with Crippen LogP contribution >= 0.6 is 15.9 Å². The molecule has 11 heavy (non-hydrogen) atoms. The minimum absolute atomic E-state index is 0.240. The van der Waals surface area contributed by atoms with E-state index in [1.54, 1.807) is 12.1 Å². The van der Waals surface area contributed by atoms with Gasteiger partial charge >= 0.3 is 0 Å². The van der Waals surface area contributed by atoms with Crippen LogP contribution in [0.25, 0.3) is 0 Å². The van der Waals surface area contributed by atoms with Gasteiger partial charge in [-0.25, -0.2) is 0 Å². The first-order chi connectivity index (χ1) is 5.24. The zero-order valence-corrected chi connectivity index (χ0v) is 7.45. The largest absolute Gasteiger partial charge is 0.393 e. The van der Waals surface area contributed by atoms with Gasteiger partial charge in [0.05, 0.1) is 6.61 Å². The lowest BCUT2D eigenvalue weighted by Crippen LogP contribution is -2.01. The molecule has 0 saturated carbocycles. The van der Waals surface area contributed by atoms with Crippen molar-refractivity contribution in [3.63, 3.8) is 0 Å². The second kappa shape index (κ2) is 3.85. The molecule has 1 unspecified atom stereocenters. The van der Waals surface area contributed by atoms with E-state index in [1.165, 1.54) is 0 Å². The lowest BCUT2D eigenvalue weighted by atomic mass is 10.1. The Morgan fingerprint density at radius 2 is 2.18 bits per heavy atom. The Hall–Kier alpha value is -0.380. The van der Waals surface area contributed by atoms with E-state index in [1.807, 2.05) is 12.1 Å². The minimum Gasteiger partial charge on any atom is -0.393 e. The van der Waals surface area contributed by atoms with Gasteiger partial charge in [0.2, 0.25) is 0 Å². The van der Waals surface area contributed by atoms with E-state index in [2.05, 4.69) is 15.9 Å². The standard InChI is InChI=1S/C8H9BrO2/c9-7-3-1-2-6(4-7)8(11)5-10/h1-4,8,10-11H,5H2. The first kappa shape index (κ1) is 8.71. The highest BCUT2D eigenvalue weighted by Crippen LogP contribution is 2.17. The van der Waals surface area contributed by atoms with Crippen molar-refractivity contribution in [3.05, 3.63) is 34.3 Å². The van der Waals surface area contributed by atoms with Crippen LogP contribution in [0.3, 0.4) is 0 Å². The van der Waals surface area contributed by atoms with Gasteiger partial charge in [0.1, 0.15) is 6.10 Å². The molecular weight excluding hydrogens is 208 g/mol.